The Morgan fingerprint density at radius 2 is 2.31 bits per heavy atom. The lowest BCUT2D eigenvalue weighted by Gasteiger charge is -2.33. The van der Waals surface area contributed by atoms with Gasteiger partial charge in [0.2, 0.25) is 0 Å². The molecule has 2 rings (SSSR count). The van der Waals surface area contributed by atoms with Crippen LogP contribution in [-0.4, -0.2) is 32.8 Å². The van der Waals surface area contributed by atoms with Crippen molar-refractivity contribution in [2.75, 3.05) is 37.0 Å². The van der Waals surface area contributed by atoms with E-state index in [1.807, 2.05) is 24.0 Å². The second kappa shape index (κ2) is 4.70. The molecule has 1 aliphatic rings. The second-order valence-corrected chi connectivity index (χ2v) is 4.04. The molecule has 1 aromatic rings. The molecule has 4 heteroatoms. The summed E-state index contributed by atoms with van der Waals surface area (Å²) in [7, 11) is 1.78. The molecular weight excluding hydrogens is 207 g/mol. The maximum Gasteiger partial charge on any atom is 0.148 e. The van der Waals surface area contributed by atoms with Gasteiger partial charge in [-0.2, -0.15) is 0 Å². The van der Waals surface area contributed by atoms with Gasteiger partial charge in [-0.15, -0.1) is 0 Å². The van der Waals surface area contributed by atoms with Gasteiger partial charge in [0.15, 0.2) is 0 Å². The predicted molar refractivity (Wildman–Crippen MR) is 63.6 cm³/mol. The van der Waals surface area contributed by atoms with E-state index in [4.69, 9.17) is 4.74 Å². The molecular formula is C12H17FN2O. The van der Waals surface area contributed by atoms with Crippen LogP contribution in [0.4, 0.5) is 15.8 Å². The van der Waals surface area contributed by atoms with Gasteiger partial charge in [0.1, 0.15) is 5.82 Å². The summed E-state index contributed by atoms with van der Waals surface area (Å²) >= 11 is 0. The largest absolute Gasteiger partial charge is 0.388 e. The zero-order valence-electron chi connectivity index (χ0n) is 9.66. The van der Waals surface area contributed by atoms with Gasteiger partial charge in [-0.25, -0.2) is 4.39 Å². The van der Waals surface area contributed by atoms with Crippen molar-refractivity contribution in [1.29, 1.82) is 0 Å². The van der Waals surface area contributed by atoms with Crippen molar-refractivity contribution in [2.45, 2.75) is 13.0 Å². The van der Waals surface area contributed by atoms with E-state index in [9.17, 15) is 4.39 Å². The van der Waals surface area contributed by atoms with Crippen molar-refractivity contribution in [1.82, 2.24) is 0 Å². The van der Waals surface area contributed by atoms with E-state index in [2.05, 4.69) is 5.32 Å². The Hall–Kier alpha value is -1.29. The van der Waals surface area contributed by atoms with E-state index < -0.39 is 0 Å². The number of nitrogens with one attached hydrogen (secondary N) is 1. The van der Waals surface area contributed by atoms with Gasteiger partial charge < -0.3 is 15.0 Å². The predicted octanol–water partition coefficient (Wildman–Crippen LogP) is 2.09. The smallest absolute Gasteiger partial charge is 0.148 e. The SMILES string of the molecule is CNc1ccc(N2CCOC(C)C2)c(F)c1. The number of nitrogens with zero attached hydrogens (tertiary/aromatic N) is 1. The zero-order chi connectivity index (χ0) is 11.5. The van der Waals surface area contributed by atoms with Crippen LogP contribution in [-0.2, 0) is 4.74 Å². The minimum Gasteiger partial charge on any atom is -0.388 e. The molecule has 1 saturated heterocycles. The van der Waals surface area contributed by atoms with E-state index in [-0.39, 0.29) is 11.9 Å². The second-order valence-electron chi connectivity index (χ2n) is 4.04. The molecule has 16 heavy (non-hydrogen) atoms. The Bertz CT molecular complexity index is 370. The third-order valence-corrected chi connectivity index (χ3v) is 2.82. The third kappa shape index (κ3) is 2.27. The van der Waals surface area contributed by atoms with Gasteiger partial charge in [0.05, 0.1) is 18.4 Å². The molecule has 1 heterocycles. The summed E-state index contributed by atoms with van der Waals surface area (Å²) in [5.74, 6) is -0.180. The highest BCUT2D eigenvalue weighted by atomic mass is 19.1. The van der Waals surface area contributed by atoms with Crippen LogP contribution in [0.25, 0.3) is 0 Å². The first-order chi connectivity index (χ1) is 7.70. The lowest BCUT2D eigenvalue weighted by Crippen LogP contribution is -2.41. The van der Waals surface area contributed by atoms with Crippen LogP contribution in [0.3, 0.4) is 0 Å². The molecule has 0 aromatic heterocycles. The van der Waals surface area contributed by atoms with Crippen LogP contribution >= 0.6 is 0 Å². The highest BCUT2D eigenvalue weighted by Gasteiger charge is 2.19. The molecule has 0 spiro atoms. The van der Waals surface area contributed by atoms with Gasteiger partial charge in [0, 0.05) is 25.8 Å². The number of hydrogen-bond acceptors (Lipinski definition) is 3. The molecule has 1 aromatic carbocycles. The van der Waals surface area contributed by atoms with Crippen LogP contribution < -0.4 is 10.2 Å². The molecule has 0 saturated carbocycles. The lowest BCUT2D eigenvalue weighted by atomic mass is 10.2. The zero-order valence-corrected chi connectivity index (χ0v) is 9.66. The van der Waals surface area contributed by atoms with Gasteiger partial charge in [0.25, 0.3) is 0 Å². The average Bonchev–Trinajstić information content (AvgIpc) is 2.28. The molecule has 0 aliphatic carbocycles. The minimum atomic E-state index is -0.180. The first kappa shape index (κ1) is 11.2. The first-order valence-corrected chi connectivity index (χ1v) is 5.54. The molecule has 88 valence electrons. The number of morpholine rings is 1. The standard InChI is InChI=1S/C12H17FN2O/c1-9-8-15(5-6-16-9)12-4-3-10(14-2)7-11(12)13/h3-4,7,9,14H,5-6,8H2,1-2H3. The van der Waals surface area contributed by atoms with E-state index in [0.717, 1.165) is 18.8 Å². The number of benzene rings is 1. The third-order valence-electron chi connectivity index (χ3n) is 2.82. The Morgan fingerprint density at radius 3 is 2.94 bits per heavy atom. The Kier molecular flexibility index (Phi) is 3.29. The summed E-state index contributed by atoms with van der Waals surface area (Å²) in [6.07, 6.45) is 0.164. The van der Waals surface area contributed by atoms with Gasteiger partial charge in [-0.3, -0.25) is 0 Å². The number of anilines is 2. The van der Waals surface area contributed by atoms with Crippen LogP contribution in [0.15, 0.2) is 18.2 Å². The summed E-state index contributed by atoms with van der Waals surface area (Å²) in [5, 5.41) is 2.92. The molecule has 0 bridgehead atoms. The fourth-order valence-corrected chi connectivity index (χ4v) is 1.96. The number of rotatable bonds is 2. The highest BCUT2D eigenvalue weighted by Crippen LogP contribution is 2.24. The topological polar surface area (TPSA) is 24.5 Å². The Balaban J connectivity index is 2.19. The van der Waals surface area contributed by atoms with Crippen molar-refractivity contribution in [3.63, 3.8) is 0 Å². The number of halogens is 1. The molecule has 3 nitrogen and oxygen atoms in total. The van der Waals surface area contributed by atoms with Crippen molar-refractivity contribution in [3.8, 4) is 0 Å². The van der Waals surface area contributed by atoms with Crippen molar-refractivity contribution >= 4 is 11.4 Å². The highest BCUT2D eigenvalue weighted by molar-refractivity contribution is 5.56. The molecule has 1 fully saturated rings. The molecule has 1 atom stereocenters. The normalized spacial score (nSPS) is 20.9. The fourth-order valence-electron chi connectivity index (χ4n) is 1.96. The maximum atomic E-state index is 13.8. The fraction of sp³-hybridized carbons (Fsp3) is 0.500. The number of ether oxygens (including phenoxy) is 1. The number of hydrogen-bond donors (Lipinski definition) is 1. The summed E-state index contributed by atoms with van der Waals surface area (Å²) in [4.78, 5) is 2.03. The molecule has 1 unspecified atom stereocenters. The van der Waals surface area contributed by atoms with Crippen molar-refractivity contribution in [3.05, 3.63) is 24.0 Å². The summed E-state index contributed by atoms with van der Waals surface area (Å²) in [6, 6.07) is 5.23. The molecule has 0 radical (unpaired) electrons. The molecule has 1 N–H and O–H groups in total. The Labute approximate surface area is 95.2 Å². The van der Waals surface area contributed by atoms with Crippen LogP contribution in [0, 0.1) is 5.82 Å². The van der Waals surface area contributed by atoms with Crippen LogP contribution in [0.1, 0.15) is 6.92 Å². The summed E-state index contributed by atoms with van der Waals surface area (Å²) in [5.41, 5.74) is 1.46. The van der Waals surface area contributed by atoms with Gasteiger partial charge >= 0.3 is 0 Å². The van der Waals surface area contributed by atoms with E-state index in [1.165, 1.54) is 6.07 Å². The summed E-state index contributed by atoms with van der Waals surface area (Å²) in [6.45, 7) is 4.16. The van der Waals surface area contributed by atoms with Crippen LogP contribution in [0.2, 0.25) is 0 Å². The monoisotopic (exact) mass is 224 g/mol. The Morgan fingerprint density at radius 1 is 1.50 bits per heavy atom. The lowest BCUT2D eigenvalue weighted by molar-refractivity contribution is 0.0530. The first-order valence-electron chi connectivity index (χ1n) is 5.54. The minimum absolute atomic E-state index is 0.164. The van der Waals surface area contributed by atoms with E-state index in [1.54, 1.807) is 7.05 Å². The van der Waals surface area contributed by atoms with E-state index in [0.29, 0.717) is 12.3 Å². The van der Waals surface area contributed by atoms with Crippen molar-refractivity contribution in [2.24, 2.45) is 0 Å². The average molecular weight is 224 g/mol. The molecule has 0 amide bonds. The maximum absolute atomic E-state index is 13.8. The van der Waals surface area contributed by atoms with Crippen molar-refractivity contribution < 1.29 is 9.13 Å². The molecule has 1 aliphatic heterocycles. The quantitative estimate of drug-likeness (QED) is 0.832. The summed E-state index contributed by atoms with van der Waals surface area (Å²) < 4.78 is 19.3. The van der Waals surface area contributed by atoms with Crippen LogP contribution in [0.5, 0.6) is 0 Å². The van der Waals surface area contributed by atoms with Gasteiger partial charge in [-0.05, 0) is 25.1 Å². The van der Waals surface area contributed by atoms with Gasteiger partial charge in [-0.1, -0.05) is 0 Å². The van der Waals surface area contributed by atoms with E-state index >= 15 is 0 Å².